The summed E-state index contributed by atoms with van der Waals surface area (Å²) in [5, 5.41) is 5.72. The Balaban J connectivity index is 1.53. The smallest absolute Gasteiger partial charge is 0.410 e. The van der Waals surface area contributed by atoms with E-state index in [1.807, 2.05) is 20.8 Å². The number of anilines is 2. The van der Waals surface area contributed by atoms with E-state index in [9.17, 15) is 14.4 Å². The van der Waals surface area contributed by atoms with Crippen LogP contribution in [0.4, 0.5) is 16.2 Å². The van der Waals surface area contributed by atoms with Gasteiger partial charge in [-0.25, -0.2) is 4.79 Å². The van der Waals surface area contributed by atoms with Crippen LogP contribution in [0, 0.1) is 5.92 Å². The van der Waals surface area contributed by atoms with E-state index in [4.69, 9.17) is 4.74 Å². The van der Waals surface area contributed by atoms with E-state index >= 15 is 0 Å². The van der Waals surface area contributed by atoms with Crippen molar-refractivity contribution in [1.82, 2.24) is 9.88 Å². The zero-order valence-corrected chi connectivity index (χ0v) is 18.1. The van der Waals surface area contributed by atoms with E-state index in [2.05, 4.69) is 15.6 Å². The van der Waals surface area contributed by atoms with Gasteiger partial charge in [0.25, 0.3) is 5.91 Å². The van der Waals surface area contributed by atoms with Gasteiger partial charge in [0.1, 0.15) is 5.60 Å². The third-order valence-corrected chi connectivity index (χ3v) is 4.85. The van der Waals surface area contributed by atoms with Crippen molar-refractivity contribution in [3.05, 3.63) is 54.4 Å². The molecule has 0 radical (unpaired) electrons. The second kappa shape index (κ2) is 9.59. The van der Waals surface area contributed by atoms with Crippen LogP contribution in [-0.2, 0) is 9.53 Å². The second-order valence-corrected chi connectivity index (χ2v) is 8.50. The molecule has 1 aliphatic heterocycles. The second-order valence-electron chi connectivity index (χ2n) is 8.50. The molecule has 8 heteroatoms. The lowest BCUT2D eigenvalue weighted by molar-refractivity contribution is -0.121. The summed E-state index contributed by atoms with van der Waals surface area (Å²) in [7, 11) is 0. The first kappa shape index (κ1) is 22.3. The van der Waals surface area contributed by atoms with E-state index in [0.29, 0.717) is 42.9 Å². The minimum Gasteiger partial charge on any atom is -0.444 e. The Labute approximate surface area is 182 Å². The van der Waals surface area contributed by atoms with Crippen LogP contribution in [0.5, 0.6) is 0 Å². The number of nitrogens with zero attached hydrogens (tertiary/aromatic N) is 2. The van der Waals surface area contributed by atoms with Gasteiger partial charge in [-0.1, -0.05) is 6.07 Å². The molecular weight excluding hydrogens is 396 g/mol. The molecular formula is C23H28N4O4. The van der Waals surface area contributed by atoms with Crippen molar-refractivity contribution in [2.75, 3.05) is 23.7 Å². The van der Waals surface area contributed by atoms with Gasteiger partial charge in [0.15, 0.2) is 0 Å². The summed E-state index contributed by atoms with van der Waals surface area (Å²) in [4.78, 5) is 42.7. The number of rotatable bonds is 4. The minimum atomic E-state index is -0.539. The lowest BCUT2D eigenvalue weighted by Crippen LogP contribution is -2.43. The Morgan fingerprint density at radius 2 is 1.61 bits per heavy atom. The lowest BCUT2D eigenvalue weighted by Gasteiger charge is -2.32. The molecule has 0 saturated carbocycles. The van der Waals surface area contributed by atoms with Crippen molar-refractivity contribution in [3.63, 3.8) is 0 Å². The molecule has 0 bridgehead atoms. The van der Waals surface area contributed by atoms with E-state index in [0.717, 1.165) is 0 Å². The topological polar surface area (TPSA) is 101 Å². The van der Waals surface area contributed by atoms with Crippen LogP contribution in [-0.4, -0.2) is 46.5 Å². The zero-order valence-electron chi connectivity index (χ0n) is 18.1. The van der Waals surface area contributed by atoms with E-state index in [1.165, 1.54) is 0 Å². The fourth-order valence-corrected chi connectivity index (χ4v) is 3.28. The molecule has 1 aromatic carbocycles. The Morgan fingerprint density at radius 3 is 2.23 bits per heavy atom. The number of aromatic nitrogens is 1. The van der Waals surface area contributed by atoms with Gasteiger partial charge in [-0.3, -0.25) is 14.6 Å². The first-order valence-electron chi connectivity index (χ1n) is 10.3. The monoisotopic (exact) mass is 424 g/mol. The van der Waals surface area contributed by atoms with Crippen LogP contribution in [0.15, 0.2) is 48.8 Å². The Morgan fingerprint density at radius 1 is 1.00 bits per heavy atom. The van der Waals surface area contributed by atoms with Gasteiger partial charge < -0.3 is 20.3 Å². The number of likely N-dealkylation sites (tertiary alicyclic amines) is 1. The van der Waals surface area contributed by atoms with Crippen molar-refractivity contribution in [1.29, 1.82) is 0 Å². The summed E-state index contributed by atoms with van der Waals surface area (Å²) in [6, 6.07) is 10.3. The first-order chi connectivity index (χ1) is 14.7. The van der Waals surface area contributed by atoms with Crippen molar-refractivity contribution in [2.45, 2.75) is 39.2 Å². The van der Waals surface area contributed by atoms with Crippen LogP contribution < -0.4 is 10.6 Å². The highest BCUT2D eigenvalue weighted by atomic mass is 16.6. The molecule has 0 unspecified atom stereocenters. The fourth-order valence-electron chi connectivity index (χ4n) is 3.28. The third-order valence-electron chi connectivity index (χ3n) is 4.85. The number of hydrogen-bond donors (Lipinski definition) is 2. The quantitative estimate of drug-likeness (QED) is 0.775. The molecule has 1 saturated heterocycles. The predicted octanol–water partition coefficient (Wildman–Crippen LogP) is 3.92. The Kier molecular flexibility index (Phi) is 6.89. The van der Waals surface area contributed by atoms with Crippen molar-refractivity contribution >= 4 is 29.3 Å². The highest BCUT2D eigenvalue weighted by Gasteiger charge is 2.30. The molecule has 0 atom stereocenters. The maximum Gasteiger partial charge on any atom is 0.410 e. The van der Waals surface area contributed by atoms with Gasteiger partial charge in [0.2, 0.25) is 5.91 Å². The molecule has 0 aliphatic carbocycles. The molecule has 31 heavy (non-hydrogen) atoms. The molecule has 2 N–H and O–H groups in total. The molecule has 1 fully saturated rings. The maximum absolute atomic E-state index is 12.7. The van der Waals surface area contributed by atoms with Gasteiger partial charge >= 0.3 is 6.09 Å². The highest BCUT2D eigenvalue weighted by molar-refractivity contribution is 6.04. The number of pyridine rings is 1. The Bertz CT molecular complexity index is 932. The summed E-state index contributed by atoms with van der Waals surface area (Å²) in [5.74, 6) is -0.532. The lowest BCUT2D eigenvalue weighted by atomic mass is 9.96. The minimum absolute atomic E-state index is 0.0959. The fraction of sp³-hybridized carbons (Fsp3) is 0.391. The molecule has 3 amide bonds. The number of nitrogens with one attached hydrogen (secondary N) is 2. The molecule has 2 heterocycles. The summed E-state index contributed by atoms with van der Waals surface area (Å²) in [5.41, 5.74) is 1.15. The van der Waals surface area contributed by atoms with E-state index in [1.54, 1.807) is 53.7 Å². The van der Waals surface area contributed by atoms with Gasteiger partial charge in [-0.15, -0.1) is 0 Å². The normalized spacial score (nSPS) is 14.6. The SMILES string of the molecule is CC(C)(C)OC(=O)N1CCC(C(=O)Nc2cccc(NC(=O)c3ccncc3)c2)CC1. The standard InChI is InChI=1S/C23H28N4O4/c1-23(2,3)31-22(30)27-13-9-17(10-14-27)21(29)26-19-6-4-5-18(15-19)25-20(28)16-7-11-24-12-8-16/h4-8,11-12,15,17H,9-10,13-14H2,1-3H3,(H,25,28)(H,26,29). The van der Waals surface area contributed by atoms with Crippen LogP contribution >= 0.6 is 0 Å². The summed E-state index contributed by atoms with van der Waals surface area (Å²) in [6.45, 7) is 6.46. The highest BCUT2D eigenvalue weighted by Crippen LogP contribution is 2.22. The first-order valence-corrected chi connectivity index (χ1v) is 10.3. The number of ether oxygens (including phenoxy) is 1. The van der Waals surface area contributed by atoms with Gasteiger partial charge in [0.05, 0.1) is 0 Å². The number of amides is 3. The van der Waals surface area contributed by atoms with Crippen LogP contribution in [0.1, 0.15) is 44.0 Å². The molecule has 164 valence electrons. The molecule has 1 aromatic heterocycles. The van der Waals surface area contributed by atoms with E-state index in [-0.39, 0.29) is 23.8 Å². The Hall–Kier alpha value is -3.42. The van der Waals surface area contributed by atoms with Crippen molar-refractivity contribution < 1.29 is 19.1 Å². The molecule has 1 aliphatic rings. The van der Waals surface area contributed by atoms with Crippen molar-refractivity contribution in [3.8, 4) is 0 Å². The predicted molar refractivity (Wildman–Crippen MR) is 118 cm³/mol. The maximum atomic E-state index is 12.7. The zero-order chi connectivity index (χ0) is 22.4. The largest absolute Gasteiger partial charge is 0.444 e. The number of carbonyl (C=O) groups is 3. The number of hydrogen-bond acceptors (Lipinski definition) is 5. The van der Waals surface area contributed by atoms with E-state index < -0.39 is 5.60 Å². The van der Waals surface area contributed by atoms with Gasteiger partial charge in [-0.05, 0) is 63.9 Å². The average Bonchev–Trinajstić information content (AvgIpc) is 2.73. The van der Waals surface area contributed by atoms with Gasteiger partial charge in [0, 0.05) is 48.3 Å². The summed E-state index contributed by atoms with van der Waals surface area (Å²) < 4.78 is 5.39. The number of benzene rings is 1. The average molecular weight is 425 g/mol. The van der Waals surface area contributed by atoms with Crippen molar-refractivity contribution in [2.24, 2.45) is 5.92 Å². The third kappa shape index (κ3) is 6.53. The molecule has 2 aromatic rings. The van der Waals surface area contributed by atoms with Crippen LogP contribution in [0.25, 0.3) is 0 Å². The summed E-state index contributed by atoms with van der Waals surface area (Å²) in [6.07, 6.45) is 3.91. The number of carbonyl (C=O) groups excluding carboxylic acids is 3. The van der Waals surface area contributed by atoms with Gasteiger partial charge in [-0.2, -0.15) is 0 Å². The van der Waals surface area contributed by atoms with Crippen LogP contribution in [0.3, 0.4) is 0 Å². The molecule has 8 nitrogen and oxygen atoms in total. The molecule has 3 rings (SSSR count). The number of piperidine rings is 1. The summed E-state index contributed by atoms with van der Waals surface area (Å²) >= 11 is 0. The molecule has 0 spiro atoms. The van der Waals surface area contributed by atoms with Crippen LogP contribution in [0.2, 0.25) is 0 Å².